The number of hydrogen-bond acceptors (Lipinski definition) is 3. The summed E-state index contributed by atoms with van der Waals surface area (Å²) in [4.78, 5) is 17.3. The van der Waals surface area contributed by atoms with Gasteiger partial charge in [0.15, 0.2) is 0 Å². The third-order valence-electron chi connectivity index (χ3n) is 4.85. The Balaban J connectivity index is 1.43. The minimum absolute atomic E-state index is 0.194. The maximum atomic E-state index is 12.8. The smallest absolute Gasteiger partial charge is 0.270 e. The van der Waals surface area contributed by atoms with Crippen molar-refractivity contribution in [3.63, 3.8) is 0 Å². The zero-order valence-electron chi connectivity index (χ0n) is 12.1. The summed E-state index contributed by atoms with van der Waals surface area (Å²) < 4.78 is 3.17. The first-order valence-corrected chi connectivity index (χ1v) is 8.63. The van der Waals surface area contributed by atoms with E-state index in [9.17, 15) is 4.79 Å². The van der Waals surface area contributed by atoms with E-state index >= 15 is 0 Å². The predicted octanol–water partition coefficient (Wildman–Crippen LogP) is 1.32. The predicted molar refractivity (Wildman–Crippen MR) is 84.5 cm³/mol. The highest BCUT2D eigenvalue weighted by molar-refractivity contribution is 9.10. The van der Waals surface area contributed by atoms with Crippen LogP contribution < -0.4 is 5.32 Å². The fourth-order valence-electron chi connectivity index (χ4n) is 3.26. The van der Waals surface area contributed by atoms with Crippen molar-refractivity contribution in [2.24, 2.45) is 0 Å². The van der Waals surface area contributed by atoms with E-state index in [1.807, 2.05) is 11.0 Å². The molecule has 2 aliphatic heterocycles. The highest BCUT2D eigenvalue weighted by Gasteiger charge is 2.32. The second-order valence-electron chi connectivity index (χ2n) is 6.32. The van der Waals surface area contributed by atoms with E-state index in [2.05, 4.69) is 36.9 Å². The van der Waals surface area contributed by atoms with E-state index < -0.39 is 0 Å². The Kier molecular flexibility index (Phi) is 3.55. The molecule has 0 unspecified atom stereocenters. The third kappa shape index (κ3) is 2.64. The quantitative estimate of drug-likeness (QED) is 0.891. The van der Waals surface area contributed by atoms with Crippen LogP contribution in [0, 0.1) is 0 Å². The molecule has 0 bridgehead atoms. The fourth-order valence-corrected chi connectivity index (χ4v) is 3.69. The highest BCUT2D eigenvalue weighted by atomic mass is 79.9. The number of rotatable bonds is 3. The molecule has 6 heteroatoms. The molecule has 0 atom stereocenters. The number of halogens is 1. The summed E-state index contributed by atoms with van der Waals surface area (Å²) in [5.41, 5.74) is 0.850. The van der Waals surface area contributed by atoms with Gasteiger partial charge in [0, 0.05) is 62.0 Å². The first-order chi connectivity index (χ1) is 10.2. The Labute approximate surface area is 133 Å². The molecule has 0 aromatic carbocycles. The average Bonchev–Trinajstić information content (AvgIpc) is 3.20. The van der Waals surface area contributed by atoms with E-state index in [4.69, 9.17) is 0 Å². The largest absolute Gasteiger partial charge is 0.339 e. The summed E-state index contributed by atoms with van der Waals surface area (Å²) in [7, 11) is 0. The molecule has 1 aromatic rings. The van der Waals surface area contributed by atoms with Crippen LogP contribution >= 0.6 is 15.9 Å². The van der Waals surface area contributed by atoms with Crippen LogP contribution in [0.1, 0.15) is 29.4 Å². The molecule has 2 saturated heterocycles. The number of carbonyl (C=O) groups excluding carboxylic acids is 1. The van der Waals surface area contributed by atoms with Crippen molar-refractivity contribution in [1.29, 1.82) is 0 Å². The summed E-state index contributed by atoms with van der Waals surface area (Å²) in [6.07, 6.45) is 4.45. The van der Waals surface area contributed by atoms with Crippen molar-refractivity contribution in [3.05, 3.63) is 22.4 Å². The van der Waals surface area contributed by atoms with Crippen molar-refractivity contribution >= 4 is 21.8 Å². The van der Waals surface area contributed by atoms with Gasteiger partial charge in [-0.05, 0) is 34.8 Å². The van der Waals surface area contributed by atoms with E-state index in [0.29, 0.717) is 12.1 Å². The molecular weight excluding hydrogens is 332 g/mol. The molecule has 114 valence electrons. The van der Waals surface area contributed by atoms with Gasteiger partial charge in [-0.1, -0.05) is 0 Å². The lowest BCUT2D eigenvalue weighted by atomic mass is 10.1. The molecule has 0 spiro atoms. The van der Waals surface area contributed by atoms with Crippen LogP contribution in [0.4, 0.5) is 0 Å². The maximum absolute atomic E-state index is 12.8. The molecular formula is C15H21BrN4O. The third-order valence-corrected chi connectivity index (χ3v) is 5.29. The maximum Gasteiger partial charge on any atom is 0.270 e. The lowest BCUT2D eigenvalue weighted by Crippen LogP contribution is -2.62. The molecule has 4 rings (SSSR count). The minimum atomic E-state index is 0.194. The minimum Gasteiger partial charge on any atom is -0.339 e. The van der Waals surface area contributed by atoms with Gasteiger partial charge in [-0.3, -0.25) is 9.69 Å². The molecule has 1 N–H and O–H groups in total. The van der Waals surface area contributed by atoms with E-state index in [1.165, 1.54) is 12.8 Å². The molecule has 21 heavy (non-hydrogen) atoms. The Hall–Kier alpha value is -0.850. The number of carbonyl (C=O) groups is 1. The van der Waals surface area contributed by atoms with Crippen LogP contribution in [0.15, 0.2) is 16.7 Å². The molecule has 1 saturated carbocycles. The second-order valence-corrected chi connectivity index (χ2v) is 7.24. The molecule has 1 aliphatic carbocycles. The Morgan fingerprint density at radius 3 is 2.43 bits per heavy atom. The van der Waals surface area contributed by atoms with E-state index in [-0.39, 0.29) is 5.91 Å². The Morgan fingerprint density at radius 1 is 1.14 bits per heavy atom. The van der Waals surface area contributed by atoms with Crippen LogP contribution in [0.3, 0.4) is 0 Å². The van der Waals surface area contributed by atoms with Crippen molar-refractivity contribution in [2.45, 2.75) is 24.9 Å². The van der Waals surface area contributed by atoms with Crippen LogP contribution in [-0.4, -0.2) is 65.6 Å². The lowest BCUT2D eigenvalue weighted by Gasteiger charge is -2.43. The van der Waals surface area contributed by atoms with E-state index in [0.717, 1.165) is 49.4 Å². The standard InChI is InChI=1S/C15H21BrN4O/c16-11-7-14(20(10-11)12-1-2-12)15(21)19-5-3-18(4-6-19)13-8-17-9-13/h7,10,12-13,17H,1-6,8-9H2. The zero-order valence-corrected chi connectivity index (χ0v) is 13.7. The monoisotopic (exact) mass is 352 g/mol. The topological polar surface area (TPSA) is 40.5 Å². The molecule has 3 heterocycles. The number of aromatic nitrogens is 1. The molecule has 1 amide bonds. The zero-order chi connectivity index (χ0) is 14.4. The molecule has 1 aromatic heterocycles. The van der Waals surface area contributed by atoms with Crippen molar-refractivity contribution in [2.75, 3.05) is 39.3 Å². The van der Waals surface area contributed by atoms with Crippen molar-refractivity contribution in [1.82, 2.24) is 19.7 Å². The van der Waals surface area contributed by atoms with Gasteiger partial charge in [-0.25, -0.2) is 0 Å². The summed E-state index contributed by atoms with van der Waals surface area (Å²) in [5.74, 6) is 0.194. The molecule has 5 nitrogen and oxygen atoms in total. The summed E-state index contributed by atoms with van der Waals surface area (Å²) in [5, 5.41) is 3.32. The molecule has 0 radical (unpaired) electrons. The van der Waals surface area contributed by atoms with E-state index in [1.54, 1.807) is 0 Å². The Morgan fingerprint density at radius 2 is 1.86 bits per heavy atom. The highest BCUT2D eigenvalue weighted by Crippen LogP contribution is 2.37. The van der Waals surface area contributed by atoms with Crippen LogP contribution in [0.2, 0.25) is 0 Å². The second kappa shape index (κ2) is 5.41. The average molecular weight is 353 g/mol. The lowest BCUT2D eigenvalue weighted by molar-refractivity contribution is 0.0493. The number of nitrogens with one attached hydrogen (secondary N) is 1. The summed E-state index contributed by atoms with van der Waals surface area (Å²) >= 11 is 3.51. The van der Waals surface area contributed by atoms with Gasteiger partial charge in [0.05, 0.1) is 0 Å². The van der Waals surface area contributed by atoms with Gasteiger partial charge in [-0.15, -0.1) is 0 Å². The summed E-state index contributed by atoms with van der Waals surface area (Å²) in [6.45, 7) is 5.91. The van der Waals surface area contributed by atoms with Crippen LogP contribution in [-0.2, 0) is 0 Å². The number of amides is 1. The molecule has 3 aliphatic rings. The van der Waals surface area contributed by atoms with Crippen LogP contribution in [0.25, 0.3) is 0 Å². The molecule has 3 fully saturated rings. The Bertz CT molecular complexity index is 542. The number of nitrogens with zero attached hydrogens (tertiary/aromatic N) is 3. The number of piperazine rings is 1. The van der Waals surface area contributed by atoms with Crippen LogP contribution in [0.5, 0.6) is 0 Å². The van der Waals surface area contributed by atoms with Gasteiger partial charge >= 0.3 is 0 Å². The van der Waals surface area contributed by atoms with Gasteiger partial charge < -0.3 is 14.8 Å². The first-order valence-electron chi connectivity index (χ1n) is 7.84. The van der Waals surface area contributed by atoms with Gasteiger partial charge in [-0.2, -0.15) is 0 Å². The van der Waals surface area contributed by atoms with Gasteiger partial charge in [0.25, 0.3) is 5.91 Å². The summed E-state index contributed by atoms with van der Waals surface area (Å²) in [6, 6.07) is 3.20. The van der Waals surface area contributed by atoms with Gasteiger partial charge in [0.1, 0.15) is 5.69 Å². The fraction of sp³-hybridized carbons (Fsp3) is 0.667. The van der Waals surface area contributed by atoms with Gasteiger partial charge in [0.2, 0.25) is 0 Å². The van der Waals surface area contributed by atoms with Crippen molar-refractivity contribution < 1.29 is 4.79 Å². The normalized spacial score (nSPS) is 24.1. The SMILES string of the molecule is O=C(c1cc(Br)cn1C1CC1)N1CCN(C2CNC2)CC1. The number of hydrogen-bond donors (Lipinski definition) is 1. The van der Waals surface area contributed by atoms with Crippen molar-refractivity contribution in [3.8, 4) is 0 Å². The first kappa shape index (κ1) is 13.8.